The van der Waals surface area contributed by atoms with Gasteiger partial charge in [0.15, 0.2) is 0 Å². The van der Waals surface area contributed by atoms with Gasteiger partial charge in [0, 0.05) is 11.9 Å². The minimum atomic E-state index is -0.492. The van der Waals surface area contributed by atoms with Gasteiger partial charge in [-0.25, -0.2) is 9.97 Å². The molecule has 0 aliphatic rings. The van der Waals surface area contributed by atoms with Crippen LogP contribution in [0, 0.1) is 0 Å². The third-order valence-electron chi connectivity index (χ3n) is 2.16. The fraction of sp³-hybridized carbons (Fsp3) is 0. The van der Waals surface area contributed by atoms with Crippen LogP contribution in [0.4, 0.5) is 11.5 Å². The molecule has 3 N–H and O–H groups in total. The van der Waals surface area contributed by atoms with Crippen molar-refractivity contribution >= 4 is 52.2 Å². The summed E-state index contributed by atoms with van der Waals surface area (Å²) in [5.41, 5.74) is 6.10. The normalized spacial score (nSPS) is 10.3. The number of nitrogens with one attached hydrogen (secondary N) is 1. The van der Waals surface area contributed by atoms with Gasteiger partial charge in [0.25, 0.3) is 5.91 Å². The SMILES string of the molecule is Nc1cc(Cl)c(Cl)c(C(=O)Nc2ccnc(Cl)n2)c1. The first-order valence-electron chi connectivity index (χ1n) is 5.02. The molecule has 1 aromatic carbocycles. The van der Waals surface area contributed by atoms with Crippen LogP contribution >= 0.6 is 34.8 Å². The van der Waals surface area contributed by atoms with Crippen molar-refractivity contribution in [1.82, 2.24) is 9.97 Å². The van der Waals surface area contributed by atoms with Gasteiger partial charge in [-0.1, -0.05) is 23.2 Å². The molecule has 1 heterocycles. The number of benzene rings is 1. The molecular weight excluding hydrogens is 311 g/mol. The van der Waals surface area contributed by atoms with Crippen LogP contribution in [-0.4, -0.2) is 15.9 Å². The Morgan fingerprint density at radius 3 is 2.68 bits per heavy atom. The molecule has 1 aromatic heterocycles. The van der Waals surface area contributed by atoms with Crippen molar-refractivity contribution in [2.45, 2.75) is 0 Å². The summed E-state index contributed by atoms with van der Waals surface area (Å²) in [6.45, 7) is 0. The third-order valence-corrected chi connectivity index (χ3v) is 3.15. The van der Waals surface area contributed by atoms with Crippen LogP contribution in [0.25, 0.3) is 0 Å². The van der Waals surface area contributed by atoms with E-state index in [-0.39, 0.29) is 26.7 Å². The van der Waals surface area contributed by atoms with Gasteiger partial charge in [0.1, 0.15) is 5.82 Å². The maximum absolute atomic E-state index is 12.0. The fourth-order valence-electron chi connectivity index (χ4n) is 1.36. The summed E-state index contributed by atoms with van der Waals surface area (Å²) in [6.07, 6.45) is 1.42. The lowest BCUT2D eigenvalue weighted by Crippen LogP contribution is -2.14. The predicted octanol–water partition coefficient (Wildman–Crippen LogP) is 3.27. The number of hydrogen-bond donors (Lipinski definition) is 2. The maximum Gasteiger partial charge on any atom is 0.258 e. The van der Waals surface area contributed by atoms with Crippen molar-refractivity contribution in [1.29, 1.82) is 0 Å². The molecule has 2 rings (SSSR count). The van der Waals surface area contributed by atoms with Gasteiger partial charge in [-0.3, -0.25) is 4.79 Å². The van der Waals surface area contributed by atoms with E-state index in [4.69, 9.17) is 40.5 Å². The van der Waals surface area contributed by atoms with Crippen molar-refractivity contribution in [2.75, 3.05) is 11.1 Å². The van der Waals surface area contributed by atoms with E-state index in [1.165, 1.54) is 24.4 Å². The number of hydrogen-bond acceptors (Lipinski definition) is 4. The van der Waals surface area contributed by atoms with Crippen molar-refractivity contribution in [3.8, 4) is 0 Å². The molecule has 0 atom stereocenters. The second-order valence-corrected chi connectivity index (χ2v) is 4.65. The van der Waals surface area contributed by atoms with Gasteiger partial charge in [0.05, 0.1) is 15.6 Å². The lowest BCUT2D eigenvalue weighted by molar-refractivity contribution is 0.102. The molecular formula is C11H7Cl3N4O. The maximum atomic E-state index is 12.0. The predicted molar refractivity (Wildman–Crippen MR) is 75.9 cm³/mol. The summed E-state index contributed by atoms with van der Waals surface area (Å²) in [5.74, 6) is -0.242. The second-order valence-electron chi connectivity index (χ2n) is 3.53. The van der Waals surface area contributed by atoms with E-state index in [1.807, 2.05) is 0 Å². The molecule has 0 spiro atoms. The standard InChI is InChI=1S/C11H7Cl3N4O/c12-7-4-5(15)3-6(9(7)13)10(19)17-8-1-2-16-11(14)18-8/h1-4H,15H2,(H,16,17,18,19). The number of aromatic nitrogens is 2. The average molecular weight is 318 g/mol. The Morgan fingerprint density at radius 1 is 1.26 bits per heavy atom. The number of nitrogen functional groups attached to an aromatic ring is 1. The van der Waals surface area contributed by atoms with E-state index in [2.05, 4.69) is 15.3 Å². The molecule has 0 aliphatic heterocycles. The zero-order valence-corrected chi connectivity index (χ0v) is 11.6. The summed E-state index contributed by atoms with van der Waals surface area (Å²) in [6, 6.07) is 4.38. The Labute approximate surface area is 123 Å². The molecule has 0 bridgehead atoms. The molecule has 0 saturated carbocycles. The topological polar surface area (TPSA) is 80.9 Å². The fourth-order valence-corrected chi connectivity index (χ4v) is 1.93. The molecule has 2 aromatic rings. The lowest BCUT2D eigenvalue weighted by atomic mass is 10.2. The first-order valence-corrected chi connectivity index (χ1v) is 6.15. The molecule has 8 heteroatoms. The Balaban J connectivity index is 2.30. The van der Waals surface area contributed by atoms with Crippen LogP contribution in [0.5, 0.6) is 0 Å². The largest absolute Gasteiger partial charge is 0.399 e. The number of amides is 1. The first kappa shape index (κ1) is 13.9. The van der Waals surface area contributed by atoms with Crippen LogP contribution in [0.3, 0.4) is 0 Å². The Morgan fingerprint density at radius 2 is 2.00 bits per heavy atom. The number of carbonyl (C=O) groups excluding carboxylic acids is 1. The Kier molecular flexibility index (Phi) is 4.09. The van der Waals surface area contributed by atoms with Crippen LogP contribution in [-0.2, 0) is 0 Å². The van der Waals surface area contributed by atoms with Gasteiger partial charge in [-0.2, -0.15) is 0 Å². The molecule has 0 fully saturated rings. The van der Waals surface area contributed by atoms with E-state index in [0.717, 1.165) is 0 Å². The highest BCUT2D eigenvalue weighted by Crippen LogP contribution is 2.29. The number of rotatable bonds is 2. The number of halogens is 3. The summed E-state index contributed by atoms with van der Waals surface area (Å²) in [4.78, 5) is 19.6. The lowest BCUT2D eigenvalue weighted by Gasteiger charge is -2.08. The highest BCUT2D eigenvalue weighted by atomic mass is 35.5. The van der Waals surface area contributed by atoms with Gasteiger partial charge in [0.2, 0.25) is 5.28 Å². The van der Waals surface area contributed by atoms with Crippen LogP contribution in [0.2, 0.25) is 15.3 Å². The average Bonchev–Trinajstić information content (AvgIpc) is 2.33. The summed E-state index contributed by atoms with van der Waals surface area (Å²) < 4.78 is 0. The van der Waals surface area contributed by atoms with E-state index in [1.54, 1.807) is 0 Å². The van der Waals surface area contributed by atoms with Crippen molar-refractivity contribution in [2.24, 2.45) is 0 Å². The Hall–Kier alpha value is -1.56. The third kappa shape index (κ3) is 3.26. The zero-order chi connectivity index (χ0) is 14.0. The van der Waals surface area contributed by atoms with Crippen LogP contribution in [0.1, 0.15) is 10.4 Å². The van der Waals surface area contributed by atoms with Crippen LogP contribution in [0.15, 0.2) is 24.4 Å². The monoisotopic (exact) mass is 316 g/mol. The number of nitrogens with two attached hydrogens (primary N) is 1. The van der Waals surface area contributed by atoms with Crippen molar-refractivity contribution in [3.63, 3.8) is 0 Å². The van der Waals surface area contributed by atoms with E-state index < -0.39 is 5.91 Å². The zero-order valence-electron chi connectivity index (χ0n) is 9.32. The summed E-state index contributed by atoms with van der Waals surface area (Å²) in [5, 5.41) is 2.86. The number of carbonyl (C=O) groups is 1. The minimum Gasteiger partial charge on any atom is -0.399 e. The number of anilines is 2. The highest BCUT2D eigenvalue weighted by Gasteiger charge is 2.15. The summed E-state index contributed by atoms with van der Waals surface area (Å²) in [7, 11) is 0. The van der Waals surface area contributed by atoms with Crippen molar-refractivity contribution < 1.29 is 4.79 Å². The highest BCUT2D eigenvalue weighted by molar-refractivity contribution is 6.44. The molecule has 5 nitrogen and oxygen atoms in total. The quantitative estimate of drug-likeness (QED) is 0.658. The molecule has 0 unspecified atom stereocenters. The van der Waals surface area contributed by atoms with E-state index in [9.17, 15) is 4.79 Å². The van der Waals surface area contributed by atoms with Gasteiger partial charge < -0.3 is 11.1 Å². The van der Waals surface area contributed by atoms with Gasteiger partial charge in [-0.15, -0.1) is 0 Å². The Bertz CT molecular complexity index is 648. The van der Waals surface area contributed by atoms with E-state index >= 15 is 0 Å². The van der Waals surface area contributed by atoms with E-state index in [0.29, 0.717) is 5.69 Å². The smallest absolute Gasteiger partial charge is 0.258 e. The molecule has 1 amide bonds. The minimum absolute atomic E-state index is 0.0227. The molecule has 0 saturated heterocycles. The molecule has 0 radical (unpaired) electrons. The van der Waals surface area contributed by atoms with Crippen LogP contribution < -0.4 is 11.1 Å². The van der Waals surface area contributed by atoms with Gasteiger partial charge in [-0.05, 0) is 29.8 Å². The van der Waals surface area contributed by atoms with Gasteiger partial charge >= 0.3 is 0 Å². The second kappa shape index (κ2) is 5.61. The molecule has 98 valence electrons. The first-order chi connectivity index (χ1) is 8.97. The molecule has 0 aliphatic carbocycles. The molecule has 19 heavy (non-hydrogen) atoms. The number of nitrogens with zero attached hydrogens (tertiary/aromatic N) is 2. The van der Waals surface area contributed by atoms with Crippen molar-refractivity contribution in [3.05, 3.63) is 45.3 Å². The summed E-state index contributed by atoms with van der Waals surface area (Å²) >= 11 is 17.4.